The van der Waals surface area contributed by atoms with E-state index < -0.39 is 28.9 Å². The Bertz CT molecular complexity index is 1330. The van der Waals surface area contributed by atoms with Gasteiger partial charge in [0, 0.05) is 31.0 Å². The van der Waals surface area contributed by atoms with Gasteiger partial charge in [-0.15, -0.1) is 0 Å². The standard InChI is InChI=1S/C25H21N3O5/c1-3-27-18-9-5-4-8-17(18)25(24(27)32)20(21(29)19-11-10-15(2)33-19)22(30)23(31)28(25)14-16-7-6-12-26-13-16/h4-13,30H,3,14H2,1-2H3. The second-order valence-corrected chi connectivity index (χ2v) is 7.99. The van der Waals surface area contributed by atoms with E-state index >= 15 is 0 Å². The topological polar surface area (TPSA) is 104 Å². The van der Waals surface area contributed by atoms with E-state index in [1.165, 1.54) is 15.9 Å². The maximum absolute atomic E-state index is 14.0. The predicted molar refractivity (Wildman–Crippen MR) is 118 cm³/mol. The Morgan fingerprint density at radius 1 is 1.12 bits per heavy atom. The number of pyridine rings is 1. The van der Waals surface area contributed by atoms with Gasteiger partial charge in [0.2, 0.25) is 5.78 Å². The van der Waals surface area contributed by atoms with Gasteiger partial charge in [-0.2, -0.15) is 0 Å². The van der Waals surface area contributed by atoms with Crippen LogP contribution in [-0.4, -0.2) is 39.1 Å². The van der Waals surface area contributed by atoms with Gasteiger partial charge >= 0.3 is 0 Å². The molecule has 2 aliphatic rings. The zero-order chi connectivity index (χ0) is 23.3. The number of hydrogen-bond donors (Lipinski definition) is 1. The Hall–Kier alpha value is -4.20. The number of aliphatic hydroxyl groups excluding tert-OH is 1. The number of furan rings is 1. The lowest BCUT2D eigenvalue weighted by Gasteiger charge is -2.35. The van der Waals surface area contributed by atoms with Crippen LogP contribution >= 0.6 is 0 Å². The first-order valence-corrected chi connectivity index (χ1v) is 10.6. The van der Waals surface area contributed by atoms with Crippen molar-refractivity contribution in [3.8, 4) is 0 Å². The Morgan fingerprint density at radius 3 is 2.58 bits per heavy atom. The number of hydrogen-bond acceptors (Lipinski definition) is 6. The first-order chi connectivity index (χ1) is 15.9. The fourth-order valence-electron chi connectivity index (χ4n) is 4.76. The van der Waals surface area contributed by atoms with Gasteiger partial charge in [0.05, 0.1) is 11.3 Å². The van der Waals surface area contributed by atoms with Gasteiger partial charge < -0.3 is 19.3 Å². The number of likely N-dealkylation sites (N-methyl/N-ethyl adjacent to an activating group) is 1. The van der Waals surface area contributed by atoms with E-state index in [2.05, 4.69) is 4.98 Å². The highest BCUT2D eigenvalue weighted by Gasteiger charge is 2.65. The molecule has 5 rings (SSSR count). The average molecular weight is 443 g/mol. The van der Waals surface area contributed by atoms with Gasteiger partial charge in [-0.1, -0.05) is 24.3 Å². The molecule has 3 aromatic rings. The molecular formula is C25H21N3O5. The first-order valence-electron chi connectivity index (χ1n) is 10.6. The van der Waals surface area contributed by atoms with Crippen molar-refractivity contribution >= 4 is 23.3 Å². The number of rotatable bonds is 5. The summed E-state index contributed by atoms with van der Waals surface area (Å²) < 4.78 is 5.51. The van der Waals surface area contributed by atoms with Crippen LogP contribution in [0.5, 0.6) is 0 Å². The van der Waals surface area contributed by atoms with Gasteiger partial charge in [0.1, 0.15) is 5.76 Å². The van der Waals surface area contributed by atoms with E-state index in [4.69, 9.17) is 4.42 Å². The first kappa shape index (κ1) is 20.7. The molecule has 2 amide bonds. The minimum Gasteiger partial charge on any atom is -0.503 e. The summed E-state index contributed by atoms with van der Waals surface area (Å²) >= 11 is 0. The summed E-state index contributed by atoms with van der Waals surface area (Å²) in [5.74, 6) is -2.28. The zero-order valence-electron chi connectivity index (χ0n) is 18.1. The van der Waals surface area contributed by atoms with E-state index in [1.54, 1.807) is 61.8 Å². The zero-order valence-corrected chi connectivity index (χ0v) is 18.1. The molecule has 4 heterocycles. The molecule has 0 aliphatic carbocycles. The molecule has 33 heavy (non-hydrogen) atoms. The van der Waals surface area contributed by atoms with Crippen LogP contribution in [-0.2, 0) is 21.7 Å². The molecule has 0 radical (unpaired) electrons. The predicted octanol–water partition coefficient (Wildman–Crippen LogP) is 3.28. The number of para-hydroxylation sites is 1. The second kappa shape index (κ2) is 7.44. The molecule has 1 spiro atoms. The number of aromatic nitrogens is 1. The smallest absolute Gasteiger partial charge is 0.290 e. The van der Waals surface area contributed by atoms with Crippen molar-refractivity contribution in [2.45, 2.75) is 25.9 Å². The highest BCUT2D eigenvalue weighted by molar-refractivity contribution is 6.25. The Kier molecular flexibility index (Phi) is 4.67. The maximum atomic E-state index is 14.0. The van der Waals surface area contributed by atoms with Crippen LogP contribution in [0.1, 0.15) is 34.4 Å². The summed E-state index contributed by atoms with van der Waals surface area (Å²) in [6.45, 7) is 3.80. The Labute approximate surface area is 189 Å². The fraction of sp³-hybridized carbons (Fsp3) is 0.200. The molecule has 1 N–H and O–H groups in total. The minimum atomic E-state index is -1.82. The van der Waals surface area contributed by atoms with E-state index in [0.717, 1.165) is 0 Å². The van der Waals surface area contributed by atoms with Gasteiger partial charge in [0.25, 0.3) is 11.8 Å². The van der Waals surface area contributed by atoms with Crippen LogP contribution in [0.3, 0.4) is 0 Å². The van der Waals surface area contributed by atoms with Crippen molar-refractivity contribution in [1.82, 2.24) is 9.88 Å². The van der Waals surface area contributed by atoms with E-state index in [9.17, 15) is 19.5 Å². The number of aryl methyl sites for hydroxylation is 1. The van der Waals surface area contributed by atoms with Crippen molar-refractivity contribution in [1.29, 1.82) is 0 Å². The number of carbonyl (C=O) groups excluding carboxylic acids is 3. The molecule has 2 aliphatic heterocycles. The largest absolute Gasteiger partial charge is 0.503 e. The van der Waals surface area contributed by atoms with Crippen LogP contribution in [0.2, 0.25) is 0 Å². The van der Waals surface area contributed by atoms with Crippen molar-refractivity contribution in [2.24, 2.45) is 0 Å². The maximum Gasteiger partial charge on any atom is 0.290 e. The lowest BCUT2D eigenvalue weighted by molar-refractivity contribution is -0.140. The average Bonchev–Trinajstić information content (AvgIpc) is 3.43. The van der Waals surface area contributed by atoms with Crippen LogP contribution < -0.4 is 4.90 Å². The number of amides is 2. The summed E-state index contributed by atoms with van der Waals surface area (Å²) in [5.41, 5.74) is -0.407. The SMILES string of the molecule is CCN1C(=O)C2(C(C(=O)c3ccc(C)o3)=C(O)C(=O)N2Cc2cccnc2)c2ccccc21. The summed E-state index contributed by atoms with van der Waals surface area (Å²) in [6.07, 6.45) is 3.18. The highest BCUT2D eigenvalue weighted by Crippen LogP contribution is 2.53. The molecule has 2 aromatic heterocycles. The highest BCUT2D eigenvalue weighted by atomic mass is 16.3. The normalized spacial score (nSPS) is 19.7. The van der Waals surface area contributed by atoms with Gasteiger partial charge in [-0.25, -0.2) is 0 Å². The second-order valence-electron chi connectivity index (χ2n) is 7.99. The molecule has 1 unspecified atom stereocenters. The van der Waals surface area contributed by atoms with Crippen molar-refractivity contribution in [2.75, 3.05) is 11.4 Å². The van der Waals surface area contributed by atoms with E-state index in [-0.39, 0.29) is 17.9 Å². The number of carbonyl (C=O) groups is 3. The quantitative estimate of drug-likeness (QED) is 0.607. The summed E-state index contributed by atoms with van der Waals surface area (Å²) in [4.78, 5) is 48.0. The van der Waals surface area contributed by atoms with Crippen LogP contribution in [0.25, 0.3) is 0 Å². The molecule has 0 saturated heterocycles. The van der Waals surface area contributed by atoms with Crippen molar-refractivity contribution in [3.63, 3.8) is 0 Å². The summed E-state index contributed by atoms with van der Waals surface area (Å²) in [5, 5.41) is 11.0. The summed E-state index contributed by atoms with van der Waals surface area (Å²) in [6, 6.07) is 13.6. The molecule has 1 aromatic carbocycles. The number of fused-ring (bicyclic) bond motifs is 2. The number of Topliss-reactive ketones (excluding diaryl/α,β-unsaturated/α-hetero) is 1. The number of nitrogens with zero attached hydrogens (tertiary/aromatic N) is 3. The Morgan fingerprint density at radius 2 is 1.91 bits per heavy atom. The van der Waals surface area contributed by atoms with E-state index in [1.807, 2.05) is 6.92 Å². The number of ketones is 1. The number of anilines is 1. The van der Waals surface area contributed by atoms with E-state index in [0.29, 0.717) is 29.1 Å². The lowest BCUT2D eigenvalue weighted by Crippen LogP contribution is -2.53. The molecule has 8 nitrogen and oxygen atoms in total. The van der Waals surface area contributed by atoms with Crippen molar-refractivity contribution in [3.05, 3.63) is 94.9 Å². The monoisotopic (exact) mass is 443 g/mol. The fourth-order valence-corrected chi connectivity index (χ4v) is 4.76. The van der Waals surface area contributed by atoms with Crippen LogP contribution in [0.15, 0.2) is 76.7 Å². The van der Waals surface area contributed by atoms with Gasteiger partial charge in [-0.05, 0) is 43.7 Å². The molecule has 0 bridgehead atoms. The summed E-state index contributed by atoms with van der Waals surface area (Å²) in [7, 11) is 0. The molecule has 1 atom stereocenters. The molecule has 0 saturated carbocycles. The van der Waals surface area contributed by atoms with Gasteiger partial charge in [0.15, 0.2) is 17.1 Å². The third-order valence-electron chi connectivity index (χ3n) is 6.16. The van der Waals surface area contributed by atoms with Crippen molar-refractivity contribution < 1.29 is 23.9 Å². The number of benzene rings is 1. The molecule has 166 valence electrons. The number of aliphatic hydroxyl groups is 1. The third kappa shape index (κ3) is 2.77. The molecule has 8 heteroatoms. The van der Waals surface area contributed by atoms with Gasteiger partial charge in [-0.3, -0.25) is 19.4 Å². The molecular weight excluding hydrogens is 422 g/mol. The third-order valence-corrected chi connectivity index (χ3v) is 6.16. The van der Waals surface area contributed by atoms with Crippen LogP contribution in [0.4, 0.5) is 5.69 Å². The minimum absolute atomic E-state index is 0.0255. The van der Waals surface area contributed by atoms with Crippen LogP contribution in [0, 0.1) is 6.92 Å². The lowest BCUT2D eigenvalue weighted by atomic mass is 9.81. The Balaban J connectivity index is 1.78. The molecule has 0 fully saturated rings.